The first-order valence-electron chi connectivity index (χ1n) is 4.90. The van der Waals surface area contributed by atoms with Crippen LogP contribution in [0.15, 0.2) is 40.3 Å². The second-order valence-corrected chi connectivity index (χ2v) is 5.33. The lowest BCUT2D eigenvalue weighted by Crippen LogP contribution is -2.11. The molecule has 0 amide bonds. The lowest BCUT2D eigenvalue weighted by atomic mass is 10.4. The number of nitrogens with zero attached hydrogens (tertiary/aromatic N) is 2. The van der Waals surface area contributed by atoms with E-state index < -0.39 is 12.0 Å². The van der Waals surface area contributed by atoms with Crippen LogP contribution in [0.4, 0.5) is 13.2 Å². The van der Waals surface area contributed by atoms with Crippen LogP contribution in [0.25, 0.3) is 0 Å². The van der Waals surface area contributed by atoms with Gasteiger partial charge in [0.05, 0.1) is 0 Å². The third kappa shape index (κ3) is 3.99. The third-order valence-electron chi connectivity index (χ3n) is 1.94. The number of benzene rings is 1. The highest BCUT2D eigenvalue weighted by Crippen LogP contribution is 2.32. The lowest BCUT2D eigenvalue weighted by Gasteiger charge is -2.07. The molecule has 0 aliphatic rings. The fraction of sp³-hybridized carbons (Fsp3) is 0.0909. The van der Waals surface area contributed by atoms with Gasteiger partial charge in [0.2, 0.25) is 5.82 Å². The largest absolute Gasteiger partial charge is 0.451 e. The summed E-state index contributed by atoms with van der Waals surface area (Å²) in [6.45, 7) is 0. The number of rotatable bonds is 2. The first-order chi connectivity index (χ1) is 8.84. The Hall–Kier alpha value is -0.980. The smallest absolute Gasteiger partial charge is 0.217 e. The molecule has 1 heterocycles. The van der Waals surface area contributed by atoms with Gasteiger partial charge in [0.25, 0.3) is 0 Å². The molecule has 100 valence electrons. The molecule has 0 N–H and O–H groups in total. The molecule has 2 rings (SSSR count). The molecule has 8 heteroatoms. The molecule has 0 radical (unpaired) electrons. The Balaban J connectivity index is 2.33. The van der Waals surface area contributed by atoms with Crippen molar-refractivity contribution in [3.63, 3.8) is 0 Å². The van der Waals surface area contributed by atoms with Crippen molar-refractivity contribution in [3.8, 4) is 0 Å². The van der Waals surface area contributed by atoms with Gasteiger partial charge in [-0.05, 0) is 18.2 Å². The van der Waals surface area contributed by atoms with E-state index >= 15 is 0 Å². The van der Waals surface area contributed by atoms with Crippen molar-refractivity contribution in [1.29, 1.82) is 0 Å². The van der Waals surface area contributed by atoms with Crippen LogP contribution in [-0.2, 0) is 6.18 Å². The second-order valence-electron chi connectivity index (χ2n) is 3.41. The van der Waals surface area contributed by atoms with Crippen LogP contribution in [-0.4, -0.2) is 9.97 Å². The summed E-state index contributed by atoms with van der Waals surface area (Å²) in [6, 6.07) is 7.95. The summed E-state index contributed by atoms with van der Waals surface area (Å²) in [6.07, 6.45) is -4.63. The molecular formula is C11H5Cl2F3N2S. The van der Waals surface area contributed by atoms with E-state index in [1.165, 1.54) is 6.07 Å². The summed E-state index contributed by atoms with van der Waals surface area (Å²) in [5.41, 5.74) is 0. The first-order valence-corrected chi connectivity index (χ1v) is 6.47. The Morgan fingerprint density at radius 3 is 2.42 bits per heavy atom. The maximum Gasteiger partial charge on any atom is 0.451 e. The van der Waals surface area contributed by atoms with Crippen molar-refractivity contribution in [2.75, 3.05) is 0 Å². The molecule has 0 spiro atoms. The normalized spacial score (nSPS) is 11.6. The Morgan fingerprint density at radius 1 is 1.05 bits per heavy atom. The van der Waals surface area contributed by atoms with E-state index in [-0.39, 0.29) is 10.2 Å². The summed E-state index contributed by atoms with van der Waals surface area (Å²) >= 11 is 12.4. The van der Waals surface area contributed by atoms with E-state index in [9.17, 15) is 13.2 Å². The van der Waals surface area contributed by atoms with Crippen LogP contribution in [0.5, 0.6) is 0 Å². The van der Waals surface area contributed by atoms with Gasteiger partial charge in [-0.1, -0.05) is 41.0 Å². The SMILES string of the molecule is FC(F)(F)c1nc(Cl)cc(Sc2cccc(Cl)c2)n1. The van der Waals surface area contributed by atoms with Crippen molar-refractivity contribution in [2.24, 2.45) is 0 Å². The van der Waals surface area contributed by atoms with Crippen molar-refractivity contribution >= 4 is 35.0 Å². The summed E-state index contributed by atoms with van der Waals surface area (Å²) in [4.78, 5) is 7.25. The van der Waals surface area contributed by atoms with Crippen LogP contribution in [0.1, 0.15) is 5.82 Å². The van der Waals surface area contributed by atoms with Gasteiger partial charge < -0.3 is 0 Å². The minimum absolute atomic E-state index is 0.106. The summed E-state index contributed by atoms with van der Waals surface area (Å²) in [5.74, 6) is -1.26. The van der Waals surface area contributed by atoms with Gasteiger partial charge in [0.15, 0.2) is 0 Å². The van der Waals surface area contributed by atoms with Gasteiger partial charge >= 0.3 is 6.18 Å². The second kappa shape index (κ2) is 5.56. The van der Waals surface area contributed by atoms with Gasteiger partial charge in [-0.25, -0.2) is 9.97 Å². The zero-order valence-corrected chi connectivity index (χ0v) is 11.4. The van der Waals surface area contributed by atoms with Gasteiger partial charge in [-0.2, -0.15) is 13.2 Å². The average Bonchev–Trinajstić information content (AvgIpc) is 2.26. The maximum atomic E-state index is 12.5. The number of hydrogen-bond donors (Lipinski definition) is 0. The van der Waals surface area contributed by atoms with Crippen molar-refractivity contribution in [3.05, 3.63) is 46.3 Å². The quantitative estimate of drug-likeness (QED) is 0.731. The zero-order chi connectivity index (χ0) is 14.0. The third-order valence-corrected chi connectivity index (χ3v) is 3.28. The zero-order valence-electron chi connectivity index (χ0n) is 9.08. The number of hydrogen-bond acceptors (Lipinski definition) is 3. The van der Waals surface area contributed by atoms with Crippen LogP contribution in [0, 0.1) is 0 Å². The molecule has 19 heavy (non-hydrogen) atoms. The Morgan fingerprint density at radius 2 is 1.79 bits per heavy atom. The molecule has 0 unspecified atom stereocenters. The molecule has 0 atom stereocenters. The van der Waals surface area contributed by atoms with E-state index in [0.717, 1.165) is 11.8 Å². The average molecular weight is 325 g/mol. The standard InChI is InChI=1S/C11H5Cl2F3N2S/c12-6-2-1-3-7(4-6)19-9-5-8(13)17-10(18-9)11(14,15)16/h1-5H. The lowest BCUT2D eigenvalue weighted by molar-refractivity contribution is -0.145. The van der Waals surface area contributed by atoms with Gasteiger partial charge in [0, 0.05) is 16.0 Å². The van der Waals surface area contributed by atoms with Gasteiger partial charge in [-0.15, -0.1) is 0 Å². The van der Waals surface area contributed by atoms with Crippen molar-refractivity contribution < 1.29 is 13.2 Å². The molecular weight excluding hydrogens is 320 g/mol. The Bertz CT molecular complexity index is 605. The van der Waals surface area contributed by atoms with Crippen LogP contribution in [0.2, 0.25) is 10.2 Å². The molecule has 2 nitrogen and oxygen atoms in total. The first kappa shape index (κ1) is 14.4. The summed E-state index contributed by atoms with van der Waals surface area (Å²) < 4.78 is 37.6. The molecule has 0 fully saturated rings. The van der Waals surface area contributed by atoms with Crippen LogP contribution < -0.4 is 0 Å². The van der Waals surface area contributed by atoms with Crippen LogP contribution >= 0.6 is 35.0 Å². The molecule has 0 saturated heterocycles. The number of aromatic nitrogens is 2. The fourth-order valence-electron chi connectivity index (χ4n) is 1.23. The summed E-state index contributed by atoms with van der Waals surface area (Å²) in [7, 11) is 0. The minimum atomic E-state index is -4.63. The van der Waals surface area contributed by atoms with Crippen LogP contribution in [0.3, 0.4) is 0 Å². The van der Waals surface area contributed by atoms with E-state index in [4.69, 9.17) is 23.2 Å². The van der Waals surface area contributed by atoms with E-state index in [1.54, 1.807) is 24.3 Å². The molecule has 0 aliphatic carbocycles. The van der Waals surface area contributed by atoms with E-state index in [2.05, 4.69) is 9.97 Å². The Labute approximate surface area is 121 Å². The molecule has 1 aromatic heterocycles. The molecule has 1 aromatic carbocycles. The van der Waals surface area contributed by atoms with Gasteiger partial charge in [0.1, 0.15) is 10.2 Å². The Kier molecular flexibility index (Phi) is 4.23. The highest BCUT2D eigenvalue weighted by molar-refractivity contribution is 7.99. The van der Waals surface area contributed by atoms with E-state index in [1.807, 2.05) is 0 Å². The minimum Gasteiger partial charge on any atom is -0.217 e. The molecule has 0 saturated carbocycles. The highest BCUT2D eigenvalue weighted by Gasteiger charge is 2.35. The predicted octanol–water partition coefficient (Wildman–Crippen LogP) is 4.95. The topological polar surface area (TPSA) is 25.8 Å². The number of halogens is 5. The van der Waals surface area contributed by atoms with Gasteiger partial charge in [-0.3, -0.25) is 0 Å². The van der Waals surface area contributed by atoms with Crippen molar-refractivity contribution in [1.82, 2.24) is 9.97 Å². The number of alkyl halides is 3. The highest BCUT2D eigenvalue weighted by atomic mass is 35.5. The molecule has 0 bridgehead atoms. The maximum absolute atomic E-state index is 12.5. The molecule has 2 aromatic rings. The molecule has 0 aliphatic heterocycles. The fourth-order valence-corrected chi connectivity index (χ4v) is 2.61. The van der Waals surface area contributed by atoms with E-state index in [0.29, 0.717) is 9.92 Å². The predicted molar refractivity (Wildman–Crippen MR) is 67.6 cm³/mol. The monoisotopic (exact) mass is 324 g/mol. The summed E-state index contributed by atoms with van der Waals surface area (Å²) in [5, 5.41) is 0.336. The van der Waals surface area contributed by atoms with Crippen molar-refractivity contribution in [2.45, 2.75) is 16.1 Å².